The van der Waals surface area contributed by atoms with Gasteiger partial charge < -0.3 is 10.1 Å². The van der Waals surface area contributed by atoms with Crippen LogP contribution in [0.4, 0.5) is 0 Å². The normalized spacial score (nSPS) is 12.0. The van der Waals surface area contributed by atoms with Crippen LogP contribution >= 0.6 is 46.3 Å². The molecule has 1 heterocycles. The molecule has 0 aliphatic rings. The summed E-state index contributed by atoms with van der Waals surface area (Å²) in [6.45, 7) is 0.0642. The lowest BCUT2D eigenvalue weighted by Gasteiger charge is -2.17. The summed E-state index contributed by atoms with van der Waals surface area (Å²) >= 11 is 15.6. The Balaban J connectivity index is 1.69. The van der Waals surface area contributed by atoms with Gasteiger partial charge in [0.15, 0.2) is 0 Å². The first-order valence-electron chi connectivity index (χ1n) is 8.88. The Morgan fingerprint density at radius 1 is 1.14 bits per heavy atom. The molecule has 0 radical (unpaired) electrons. The van der Waals surface area contributed by atoms with Gasteiger partial charge in [-0.2, -0.15) is 11.8 Å². The maximum atomic E-state index is 12.7. The first kappa shape index (κ1) is 22.0. The zero-order valence-corrected chi connectivity index (χ0v) is 18.8. The average molecular weight is 468 g/mol. The van der Waals surface area contributed by atoms with Crippen LogP contribution in [0.25, 0.3) is 10.1 Å². The molecule has 0 spiro atoms. The van der Waals surface area contributed by atoms with Gasteiger partial charge in [-0.3, -0.25) is 4.79 Å². The number of hydrogen-bond acceptors (Lipinski definition) is 5. The Labute approximate surface area is 187 Å². The molecule has 2 aromatic carbocycles. The summed E-state index contributed by atoms with van der Waals surface area (Å²) in [6.07, 6.45) is 2.39. The van der Waals surface area contributed by atoms with Gasteiger partial charge >= 0.3 is 5.97 Å². The SMILES string of the molecule is CSCCC(NC(=O)c1ccccc1Cl)C(=O)OCc1sc2ccccc2c1Cl. The third-order valence-electron chi connectivity index (χ3n) is 4.27. The summed E-state index contributed by atoms with van der Waals surface area (Å²) in [5.74, 6) is -0.196. The lowest BCUT2D eigenvalue weighted by molar-refractivity contribution is -0.147. The monoisotopic (exact) mass is 467 g/mol. The number of thioether (sulfide) groups is 1. The molecule has 0 fully saturated rings. The minimum atomic E-state index is -0.764. The fraction of sp³-hybridized carbons (Fsp3) is 0.238. The first-order chi connectivity index (χ1) is 14.0. The maximum absolute atomic E-state index is 12.7. The minimum absolute atomic E-state index is 0.0642. The molecule has 0 saturated heterocycles. The molecule has 0 saturated carbocycles. The molecule has 3 aromatic rings. The van der Waals surface area contributed by atoms with E-state index in [1.54, 1.807) is 36.0 Å². The van der Waals surface area contributed by atoms with E-state index in [9.17, 15) is 9.59 Å². The largest absolute Gasteiger partial charge is 0.458 e. The topological polar surface area (TPSA) is 55.4 Å². The highest BCUT2D eigenvalue weighted by Gasteiger charge is 2.24. The van der Waals surface area contributed by atoms with Gasteiger partial charge in [-0.1, -0.05) is 53.5 Å². The van der Waals surface area contributed by atoms with Gasteiger partial charge in [0.1, 0.15) is 12.6 Å². The van der Waals surface area contributed by atoms with Gasteiger partial charge in [-0.25, -0.2) is 4.79 Å². The van der Waals surface area contributed by atoms with Crippen molar-refractivity contribution >= 4 is 68.3 Å². The number of nitrogens with one attached hydrogen (secondary N) is 1. The van der Waals surface area contributed by atoms with E-state index < -0.39 is 17.9 Å². The zero-order chi connectivity index (χ0) is 20.8. The van der Waals surface area contributed by atoms with Crippen molar-refractivity contribution in [2.75, 3.05) is 12.0 Å². The number of rotatable bonds is 8. The number of carbonyl (C=O) groups excluding carboxylic acids is 2. The summed E-state index contributed by atoms with van der Waals surface area (Å²) in [7, 11) is 0. The molecular weight excluding hydrogens is 449 g/mol. The van der Waals surface area contributed by atoms with Crippen molar-refractivity contribution in [3.63, 3.8) is 0 Å². The maximum Gasteiger partial charge on any atom is 0.329 e. The predicted molar refractivity (Wildman–Crippen MR) is 122 cm³/mol. The highest BCUT2D eigenvalue weighted by Crippen LogP contribution is 2.35. The van der Waals surface area contributed by atoms with Gasteiger partial charge in [-0.05, 0) is 36.6 Å². The van der Waals surface area contributed by atoms with Crippen LogP contribution < -0.4 is 5.32 Å². The van der Waals surface area contributed by atoms with E-state index in [1.165, 1.54) is 11.3 Å². The van der Waals surface area contributed by atoms with Crippen LogP contribution in [0.15, 0.2) is 48.5 Å². The molecular formula is C21H19Cl2NO3S2. The number of fused-ring (bicyclic) bond motifs is 1. The lowest BCUT2D eigenvalue weighted by atomic mass is 10.1. The van der Waals surface area contributed by atoms with Gasteiger partial charge in [0, 0.05) is 10.1 Å². The minimum Gasteiger partial charge on any atom is -0.458 e. The van der Waals surface area contributed by atoms with Crippen LogP contribution in [0.2, 0.25) is 10.0 Å². The molecule has 0 bridgehead atoms. The average Bonchev–Trinajstić information content (AvgIpc) is 3.05. The number of amides is 1. The van der Waals surface area contributed by atoms with Crippen LogP contribution in [0.1, 0.15) is 21.7 Å². The van der Waals surface area contributed by atoms with Crippen molar-refractivity contribution in [3.05, 3.63) is 69.0 Å². The number of halogens is 2. The van der Waals surface area contributed by atoms with E-state index in [2.05, 4.69) is 5.32 Å². The molecule has 8 heteroatoms. The van der Waals surface area contributed by atoms with Gasteiger partial charge in [0.05, 0.1) is 20.5 Å². The van der Waals surface area contributed by atoms with Crippen molar-refractivity contribution < 1.29 is 14.3 Å². The van der Waals surface area contributed by atoms with Crippen LogP contribution in [0, 0.1) is 0 Å². The smallest absolute Gasteiger partial charge is 0.329 e. The third kappa shape index (κ3) is 5.45. The number of benzene rings is 2. The van der Waals surface area contributed by atoms with Crippen molar-refractivity contribution in [2.45, 2.75) is 19.1 Å². The van der Waals surface area contributed by atoms with E-state index in [0.29, 0.717) is 27.8 Å². The van der Waals surface area contributed by atoms with E-state index in [-0.39, 0.29) is 6.61 Å². The second-order valence-electron chi connectivity index (χ2n) is 6.23. The standard InChI is InChI=1S/C21H19Cl2NO3S2/c1-28-11-10-16(24-20(25)13-6-2-4-8-15(13)22)21(26)27-12-18-19(23)14-7-3-5-9-17(14)29-18/h2-9,16H,10-12H2,1H3,(H,24,25). The van der Waals surface area contributed by atoms with Crippen LogP contribution in [-0.4, -0.2) is 29.9 Å². The highest BCUT2D eigenvalue weighted by molar-refractivity contribution is 7.98. The van der Waals surface area contributed by atoms with E-state index in [1.807, 2.05) is 30.5 Å². The van der Waals surface area contributed by atoms with Gasteiger partial charge in [-0.15, -0.1) is 11.3 Å². The summed E-state index contributed by atoms with van der Waals surface area (Å²) < 4.78 is 6.53. The molecule has 4 nitrogen and oxygen atoms in total. The molecule has 0 aliphatic heterocycles. The molecule has 29 heavy (non-hydrogen) atoms. The Morgan fingerprint density at radius 2 is 1.86 bits per heavy atom. The molecule has 1 N–H and O–H groups in total. The molecule has 1 unspecified atom stereocenters. The molecule has 1 amide bonds. The summed E-state index contributed by atoms with van der Waals surface area (Å²) in [5.41, 5.74) is 0.323. The molecule has 1 atom stereocenters. The van der Waals surface area contributed by atoms with Gasteiger partial charge in [0.25, 0.3) is 5.91 Å². The van der Waals surface area contributed by atoms with Crippen LogP contribution in [0.5, 0.6) is 0 Å². The van der Waals surface area contributed by atoms with Crippen molar-refractivity contribution in [1.82, 2.24) is 5.32 Å². The second kappa shape index (κ2) is 10.3. The molecule has 0 aliphatic carbocycles. The Hall–Kier alpha value is -1.73. The molecule has 152 valence electrons. The van der Waals surface area contributed by atoms with Crippen molar-refractivity contribution in [2.24, 2.45) is 0 Å². The molecule has 1 aromatic heterocycles. The van der Waals surface area contributed by atoms with Crippen molar-refractivity contribution in [3.8, 4) is 0 Å². The van der Waals surface area contributed by atoms with Crippen molar-refractivity contribution in [1.29, 1.82) is 0 Å². The number of ether oxygens (including phenoxy) is 1. The third-order valence-corrected chi connectivity index (χ3v) is 6.93. The Kier molecular flexibility index (Phi) is 7.84. The van der Waals surface area contributed by atoms with E-state index in [4.69, 9.17) is 27.9 Å². The molecule has 3 rings (SSSR count). The number of esters is 1. The number of thiophene rings is 1. The second-order valence-corrected chi connectivity index (χ2v) is 9.14. The summed E-state index contributed by atoms with van der Waals surface area (Å²) in [4.78, 5) is 26.0. The van der Waals surface area contributed by atoms with Crippen LogP contribution in [0.3, 0.4) is 0 Å². The Morgan fingerprint density at radius 3 is 2.59 bits per heavy atom. The summed E-state index contributed by atoms with van der Waals surface area (Å²) in [6, 6.07) is 13.7. The highest BCUT2D eigenvalue weighted by atomic mass is 35.5. The number of hydrogen-bond donors (Lipinski definition) is 1. The van der Waals surface area contributed by atoms with Crippen LogP contribution in [-0.2, 0) is 16.1 Å². The Bertz CT molecular complexity index is 1020. The number of carbonyl (C=O) groups is 2. The van der Waals surface area contributed by atoms with E-state index >= 15 is 0 Å². The first-order valence-corrected chi connectivity index (χ1v) is 11.8. The van der Waals surface area contributed by atoms with Gasteiger partial charge in [0.2, 0.25) is 0 Å². The fourth-order valence-corrected chi connectivity index (χ4v) is 4.85. The predicted octanol–water partition coefficient (Wildman–Crippen LogP) is 5.80. The fourth-order valence-electron chi connectivity index (χ4n) is 2.76. The lowest BCUT2D eigenvalue weighted by Crippen LogP contribution is -2.42. The zero-order valence-electron chi connectivity index (χ0n) is 15.6. The van der Waals surface area contributed by atoms with E-state index in [0.717, 1.165) is 15.0 Å². The summed E-state index contributed by atoms with van der Waals surface area (Å²) in [5, 5.41) is 4.62. The quantitative estimate of drug-likeness (QED) is 0.425.